The second-order valence-corrected chi connectivity index (χ2v) is 9.61. The highest BCUT2D eigenvalue weighted by molar-refractivity contribution is 6.30. The Morgan fingerprint density at radius 3 is 2.35 bits per heavy atom. The van der Waals surface area contributed by atoms with Crippen LogP contribution in [-0.2, 0) is 11.2 Å². The van der Waals surface area contributed by atoms with Gasteiger partial charge in [0, 0.05) is 61.3 Å². The van der Waals surface area contributed by atoms with Crippen molar-refractivity contribution in [2.75, 3.05) is 32.7 Å². The molecule has 0 unspecified atom stereocenters. The lowest BCUT2D eigenvalue weighted by molar-refractivity contribution is -0.138. The molecule has 0 aliphatic carbocycles. The Morgan fingerprint density at radius 2 is 1.65 bits per heavy atom. The molecule has 2 aromatic carbocycles. The van der Waals surface area contributed by atoms with E-state index in [2.05, 4.69) is 30.9 Å². The number of nitrogens with zero attached hydrogens (tertiary/aromatic N) is 3. The molecule has 0 radical (unpaired) electrons. The molecule has 6 heteroatoms. The van der Waals surface area contributed by atoms with Gasteiger partial charge in [0.25, 0.3) is 5.91 Å². The monoisotopic (exact) mass is 439 g/mol. The average Bonchev–Trinajstić information content (AvgIpc) is 2.77. The fourth-order valence-corrected chi connectivity index (χ4v) is 5.02. The van der Waals surface area contributed by atoms with Crippen LogP contribution < -0.4 is 0 Å². The molecule has 2 aliphatic heterocycles. The molecule has 2 amide bonds. The van der Waals surface area contributed by atoms with Crippen molar-refractivity contribution in [3.63, 3.8) is 0 Å². The van der Waals surface area contributed by atoms with Crippen LogP contribution in [0.3, 0.4) is 0 Å². The summed E-state index contributed by atoms with van der Waals surface area (Å²) in [6, 6.07) is 17.4. The van der Waals surface area contributed by atoms with Gasteiger partial charge in [-0.1, -0.05) is 41.9 Å². The zero-order valence-electron chi connectivity index (χ0n) is 18.3. The number of amides is 2. The highest BCUT2D eigenvalue weighted by Crippen LogP contribution is 2.29. The highest BCUT2D eigenvalue weighted by Gasteiger charge is 2.44. The molecule has 0 N–H and O–H groups in total. The van der Waals surface area contributed by atoms with Gasteiger partial charge < -0.3 is 9.80 Å². The summed E-state index contributed by atoms with van der Waals surface area (Å²) in [5.41, 5.74) is 1.71. The summed E-state index contributed by atoms with van der Waals surface area (Å²) in [6.07, 6.45) is 1.28. The lowest BCUT2D eigenvalue weighted by Gasteiger charge is -2.55. The first-order valence-electron chi connectivity index (χ1n) is 11.0. The van der Waals surface area contributed by atoms with E-state index in [0.29, 0.717) is 36.6 Å². The van der Waals surface area contributed by atoms with E-state index in [9.17, 15) is 9.59 Å². The van der Waals surface area contributed by atoms with Crippen molar-refractivity contribution in [2.45, 2.75) is 38.3 Å². The second-order valence-electron chi connectivity index (χ2n) is 9.18. The fraction of sp³-hybridized carbons (Fsp3) is 0.440. The Labute approximate surface area is 189 Å². The maximum absolute atomic E-state index is 13.1. The molecular formula is C25H30ClN3O2. The summed E-state index contributed by atoms with van der Waals surface area (Å²) in [7, 11) is 0. The highest BCUT2D eigenvalue weighted by atomic mass is 35.5. The largest absolute Gasteiger partial charge is 0.340 e. The molecule has 2 fully saturated rings. The molecule has 1 atom stereocenters. The molecule has 2 aromatic rings. The lowest BCUT2D eigenvalue weighted by Crippen LogP contribution is -2.70. The molecule has 2 aliphatic rings. The van der Waals surface area contributed by atoms with Gasteiger partial charge in [0.2, 0.25) is 5.91 Å². The van der Waals surface area contributed by atoms with Crippen LogP contribution in [0.4, 0.5) is 0 Å². The summed E-state index contributed by atoms with van der Waals surface area (Å²) in [6.45, 7) is 7.94. The third-order valence-electron chi connectivity index (χ3n) is 6.47. The number of rotatable bonds is 4. The van der Waals surface area contributed by atoms with E-state index in [-0.39, 0.29) is 23.4 Å². The first-order valence-corrected chi connectivity index (χ1v) is 11.3. The Kier molecular flexibility index (Phi) is 6.35. The number of hydrogen-bond donors (Lipinski definition) is 0. The van der Waals surface area contributed by atoms with Crippen LogP contribution in [0.5, 0.6) is 0 Å². The van der Waals surface area contributed by atoms with Gasteiger partial charge in [-0.25, -0.2) is 0 Å². The van der Waals surface area contributed by atoms with Gasteiger partial charge in [-0.15, -0.1) is 0 Å². The number of fused-ring (bicyclic) bond motifs is 1. The van der Waals surface area contributed by atoms with Crippen molar-refractivity contribution in [2.24, 2.45) is 0 Å². The third-order valence-corrected chi connectivity index (χ3v) is 6.72. The van der Waals surface area contributed by atoms with Gasteiger partial charge in [-0.3, -0.25) is 14.5 Å². The Balaban J connectivity index is 1.42. The van der Waals surface area contributed by atoms with Crippen LogP contribution in [0.2, 0.25) is 5.02 Å². The standard InChI is InChI=1S/C25H30ClN3O2/c1-25(2)18-28(24(31)20-9-11-21(26)12-10-20)17-22-16-27(14-15-29(22)25)23(30)13-8-19-6-4-3-5-7-19/h3-7,9-12,22H,8,13-18H2,1-2H3/t22-/m0/s1. The Morgan fingerprint density at radius 1 is 0.968 bits per heavy atom. The maximum atomic E-state index is 13.1. The number of aryl methyl sites for hydroxylation is 1. The summed E-state index contributed by atoms with van der Waals surface area (Å²) in [4.78, 5) is 32.4. The quantitative estimate of drug-likeness (QED) is 0.729. The minimum absolute atomic E-state index is 0.0249. The number of carbonyl (C=O) groups is 2. The van der Waals surface area contributed by atoms with Gasteiger partial charge in [0.05, 0.1) is 0 Å². The fourth-order valence-electron chi connectivity index (χ4n) is 4.90. The zero-order chi connectivity index (χ0) is 22.0. The predicted molar refractivity (Wildman–Crippen MR) is 123 cm³/mol. The van der Waals surface area contributed by atoms with E-state index in [1.807, 2.05) is 28.0 Å². The molecule has 0 spiro atoms. The number of benzene rings is 2. The molecule has 0 bridgehead atoms. The SMILES string of the molecule is CC1(C)CN(C(=O)c2ccc(Cl)cc2)C[C@@H]2CN(C(=O)CCc3ccccc3)CCN21. The number of piperazine rings is 2. The maximum Gasteiger partial charge on any atom is 0.253 e. The average molecular weight is 440 g/mol. The van der Waals surface area contributed by atoms with Crippen LogP contribution in [0.15, 0.2) is 54.6 Å². The molecule has 0 saturated carbocycles. The third kappa shape index (κ3) is 4.94. The summed E-state index contributed by atoms with van der Waals surface area (Å²) in [5, 5.41) is 0.624. The Bertz CT molecular complexity index is 930. The van der Waals surface area contributed by atoms with Crippen molar-refractivity contribution in [1.82, 2.24) is 14.7 Å². The summed E-state index contributed by atoms with van der Waals surface area (Å²) < 4.78 is 0. The van der Waals surface area contributed by atoms with E-state index in [1.54, 1.807) is 24.3 Å². The molecule has 0 aromatic heterocycles. The minimum atomic E-state index is -0.135. The van der Waals surface area contributed by atoms with Gasteiger partial charge in [0.1, 0.15) is 0 Å². The van der Waals surface area contributed by atoms with E-state index < -0.39 is 0 Å². The van der Waals surface area contributed by atoms with Crippen LogP contribution in [0, 0.1) is 0 Å². The van der Waals surface area contributed by atoms with Gasteiger partial charge in [-0.2, -0.15) is 0 Å². The van der Waals surface area contributed by atoms with E-state index in [1.165, 1.54) is 5.56 Å². The van der Waals surface area contributed by atoms with Crippen molar-refractivity contribution in [1.29, 1.82) is 0 Å². The Hall–Kier alpha value is -2.37. The molecule has 4 rings (SSSR count). The van der Waals surface area contributed by atoms with Crippen molar-refractivity contribution < 1.29 is 9.59 Å². The van der Waals surface area contributed by atoms with Crippen LogP contribution in [-0.4, -0.2) is 70.8 Å². The van der Waals surface area contributed by atoms with E-state index in [0.717, 1.165) is 19.5 Å². The lowest BCUT2D eigenvalue weighted by atomic mass is 9.92. The van der Waals surface area contributed by atoms with Crippen molar-refractivity contribution >= 4 is 23.4 Å². The number of carbonyl (C=O) groups excluding carboxylic acids is 2. The predicted octanol–water partition coefficient (Wildman–Crippen LogP) is 3.72. The zero-order valence-corrected chi connectivity index (χ0v) is 19.0. The topological polar surface area (TPSA) is 43.9 Å². The van der Waals surface area contributed by atoms with Gasteiger partial charge in [-0.05, 0) is 50.1 Å². The smallest absolute Gasteiger partial charge is 0.253 e. The van der Waals surface area contributed by atoms with Crippen molar-refractivity contribution in [3.8, 4) is 0 Å². The van der Waals surface area contributed by atoms with Crippen molar-refractivity contribution in [3.05, 3.63) is 70.7 Å². The molecule has 164 valence electrons. The second kappa shape index (κ2) is 9.01. The van der Waals surface area contributed by atoms with E-state index >= 15 is 0 Å². The molecule has 2 heterocycles. The summed E-state index contributed by atoms with van der Waals surface area (Å²) in [5.74, 6) is 0.222. The summed E-state index contributed by atoms with van der Waals surface area (Å²) >= 11 is 5.98. The first-order chi connectivity index (χ1) is 14.8. The minimum Gasteiger partial charge on any atom is -0.340 e. The van der Waals surface area contributed by atoms with Crippen LogP contribution in [0.25, 0.3) is 0 Å². The molecule has 2 saturated heterocycles. The number of halogens is 1. The molecular weight excluding hydrogens is 410 g/mol. The van der Waals surface area contributed by atoms with E-state index in [4.69, 9.17) is 11.6 Å². The van der Waals surface area contributed by atoms with Gasteiger partial charge in [0.15, 0.2) is 0 Å². The first kappa shape index (κ1) is 21.8. The number of hydrogen-bond acceptors (Lipinski definition) is 3. The molecule has 5 nitrogen and oxygen atoms in total. The van der Waals surface area contributed by atoms with Gasteiger partial charge >= 0.3 is 0 Å². The van der Waals surface area contributed by atoms with Crippen LogP contribution in [0.1, 0.15) is 36.2 Å². The van der Waals surface area contributed by atoms with Crippen LogP contribution >= 0.6 is 11.6 Å². The molecule has 31 heavy (non-hydrogen) atoms. The normalized spacial score (nSPS) is 20.9.